The van der Waals surface area contributed by atoms with Crippen LogP contribution in [0.3, 0.4) is 0 Å². The smallest absolute Gasteiger partial charge is 0.339 e. The number of nitrogens with two attached hydrogens (primary N) is 1. The molecule has 2 amide bonds. The minimum absolute atomic E-state index is 0.334. The number of carbonyl (C=O) groups is 3. The first-order chi connectivity index (χ1) is 17.0. The van der Waals surface area contributed by atoms with Gasteiger partial charge in [0.25, 0.3) is 5.91 Å². The van der Waals surface area contributed by atoms with Gasteiger partial charge in [-0.15, -0.1) is 11.3 Å². The van der Waals surface area contributed by atoms with E-state index in [4.69, 9.17) is 15.5 Å². The normalized spacial score (nSPS) is 13.5. The van der Waals surface area contributed by atoms with Crippen molar-refractivity contribution in [3.8, 4) is 0 Å². The van der Waals surface area contributed by atoms with Crippen LogP contribution in [0.25, 0.3) is 22.6 Å². The van der Waals surface area contributed by atoms with Gasteiger partial charge in [-0.3, -0.25) is 9.59 Å². The fourth-order valence-electron chi connectivity index (χ4n) is 4.18. The summed E-state index contributed by atoms with van der Waals surface area (Å²) in [5, 5.41) is 5.38. The van der Waals surface area contributed by atoms with Crippen molar-refractivity contribution in [3.63, 3.8) is 0 Å². The van der Waals surface area contributed by atoms with E-state index in [1.807, 2.05) is 41.8 Å². The van der Waals surface area contributed by atoms with Gasteiger partial charge < -0.3 is 15.8 Å². The van der Waals surface area contributed by atoms with Gasteiger partial charge in [-0.05, 0) is 71.8 Å². The molecule has 0 saturated heterocycles. The molecule has 1 aliphatic rings. The maximum Gasteiger partial charge on any atom is 0.339 e. The lowest BCUT2D eigenvalue weighted by molar-refractivity contribution is -0.119. The molecule has 3 N–H and O–H groups in total. The standard InChI is InChI=1S/C27H21N3O4S/c28-26(32)16-7-10-18(11-8-16)29-23(31)15-34-27(33)24-20-5-1-2-6-22(20)30-25-17(9-12-21(24)25)14-19-4-3-13-35-19/h1-8,10-11,13-14H,9,12,15H2,(H2,28,32)(H,29,31)/b17-14+. The lowest BCUT2D eigenvalue weighted by Gasteiger charge is -2.12. The SMILES string of the molecule is NC(=O)c1ccc(NC(=O)COC(=O)c2c3c(nc4ccccc24)/C(=C/c2cccs2)CC3)cc1. The van der Waals surface area contributed by atoms with Gasteiger partial charge in [0.15, 0.2) is 6.61 Å². The molecule has 8 heteroatoms. The molecule has 0 atom stereocenters. The third-order valence-corrected chi connectivity index (χ3v) is 6.61. The van der Waals surface area contributed by atoms with Crippen molar-refractivity contribution in [3.05, 3.63) is 93.3 Å². The summed E-state index contributed by atoms with van der Waals surface area (Å²) in [6.07, 6.45) is 3.57. The number of ether oxygens (including phenoxy) is 1. The van der Waals surface area contributed by atoms with Crippen LogP contribution in [0.1, 0.15) is 43.3 Å². The van der Waals surface area contributed by atoms with Crippen LogP contribution < -0.4 is 11.1 Å². The number of primary amides is 1. The number of amides is 2. The van der Waals surface area contributed by atoms with E-state index in [2.05, 4.69) is 11.4 Å². The maximum absolute atomic E-state index is 13.2. The molecule has 1 aliphatic carbocycles. The summed E-state index contributed by atoms with van der Waals surface area (Å²) in [6.45, 7) is -0.445. The van der Waals surface area contributed by atoms with Crippen LogP contribution in [0.5, 0.6) is 0 Å². The molecule has 0 bridgehead atoms. The number of fused-ring (bicyclic) bond motifs is 2. The number of hydrogen-bond acceptors (Lipinski definition) is 6. The Bertz CT molecular complexity index is 1470. The first kappa shape index (κ1) is 22.5. The minimum atomic E-state index is -0.559. The van der Waals surface area contributed by atoms with Crippen molar-refractivity contribution in [1.82, 2.24) is 4.98 Å². The van der Waals surface area contributed by atoms with Crippen molar-refractivity contribution < 1.29 is 19.1 Å². The number of anilines is 1. The monoisotopic (exact) mass is 483 g/mol. The zero-order valence-corrected chi connectivity index (χ0v) is 19.4. The third-order valence-electron chi connectivity index (χ3n) is 5.79. The number of nitrogens with one attached hydrogen (secondary N) is 1. The molecule has 2 heterocycles. The van der Waals surface area contributed by atoms with E-state index in [1.54, 1.807) is 23.5 Å². The van der Waals surface area contributed by atoms with Crippen LogP contribution >= 0.6 is 11.3 Å². The van der Waals surface area contributed by atoms with Gasteiger partial charge in [-0.1, -0.05) is 24.3 Å². The van der Waals surface area contributed by atoms with Crippen LogP contribution in [0, 0.1) is 0 Å². The minimum Gasteiger partial charge on any atom is -0.452 e. The molecule has 35 heavy (non-hydrogen) atoms. The lowest BCUT2D eigenvalue weighted by atomic mass is 10.0. The largest absolute Gasteiger partial charge is 0.452 e. The molecule has 0 unspecified atom stereocenters. The Morgan fingerprint density at radius 3 is 2.57 bits per heavy atom. The Balaban J connectivity index is 1.38. The predicted molar refractivity (Wildman–Crippen MR) is 136 cm³/mol. The highest BCUT2D eigenvalue weighted by molar-refractivity contribution is 7.10. The van der Waals surface area contributed by atoms with Crippen LogP contribution in [0.4, 0.5) is 5.69 Å². The molecule has 0 spiro atoms. The number of esters is 1. The van der Waals surface area contributed by atoms with Crippen molar-refractivity contribution in [2.75, 3.05) is 11.9 Å². The van der Waals surface area contributed by atoms with Gasteiger partial charge in [0.1, 0.15) is 0 Å². The Morgan fingerprint density at radius 2 is 1.83 bits per heavy atom. The van der Waals surface area contributed by atoms with E-state index in [1.165, 1.54) is 12.1 Å². The fourth-order valence-corrected chi connectivity index (χ4v) is 4.86. The fraction of sp³-hybridized carbons (Fsp3) is 0.111. The van der Waals surface area contributed by atoms with Gasteiger partial charge in [0, 0.05) is 21.5 Å². The highest BCUT2D eigenvalue weighted by Gasteiger charge is 2.28. The van der Waals surface area contributed by atoms with Gasteiger partial charge >= 0.3 is 5.97 Å². The second-order valence-corrected chi connectivity index (χ2v) is 9.06. The Labute approximate surface area is 205 Å². The van der Waals surface area contributed by atoms with Crippen LogP contribution in [-0.4, -0.2) is 29.4 Å². The summed E-state index contributed by atoms with van der Waals surface area (Å²) in [6, 6.07) is 17.6. The van der Waals surface area contributed by atoms with Gasteiger partial charge in [0.05, 0.1) is 16.8 Å². The zero-order chi connectivity index (χ0) is 24.4. The number of aromatic nitrogens is 1. The summed E-state index contributed by atoms with van der Waals surface area (Å²) in [5.41, 5.74) is 9.93. The highest BCUT2D eigenvalue weighted by atomic mass is 32.1. The van der Waals surface area contributed by atoms with Gasteiger partial charge in [-0.25, -0.2) is 9.78 Å². The average molecular weight is 484 g/mol. The Morgan fingerprint density at radius 1 is 1.03 bits per heavy atom. The van der Waals surface area contributed by atoms with Crippen LogP contribution in [-0.2, 0) is 16.0 Å². The molecule has 7 nitrogen and oxygen atoms in total. The van der Waals surface area contributed by atoms with Crippen LogP contribution in [0.15, 0.2) is 66.0 Å². The van der Waals surface area contributed by atoms with E-state index in [-0.39, 0.29) is 0 Å². The predicted octanol–water partition coefficient (Wildman–Crippen LogP) is 4.68. The topological polar surface area (TPSA) is 111 Å². The molecule has 5 rings (SSSR count). The maximum atomic E-state index is 13.2. The lowest BCUT2D eigenvalue weighted by Crippen LogP contribution is -2.22. The zero-order valence-electron chi connectivity index (χ0n) is 18.6. The summed E-state index contributed by atoms with van der Waals surface area (Å²) in [4.78, 5) is 42.8. The number of pyridine rings is 1. The van der Waals surface area contributed by atoms with Crippen molar-refractivity contribution in [2.24, 2.45) is 5.73 Å². The van der Waals surface area contributed by atoms with E-state index < -0.39 is 24.4 Å². The summed E-state index contributed by atoms with van der Waals surface area (Å²) < 4.78 is 5.43. The van der Waals surface area contributed by atoms with Crippen molar-refractivity contribution in [1.29, 1.82) is 0 Å². The number of allylic oxidation sites excluding steroid dienone is 1. The first-order valence-corrected chi connectivity index (χ1v) is 11.9. The summed E-state index contributed by atoms with van der Waals surface area (Å²) in [5.74, 6) is -1.60. The van der Waals surface area contributed by atoms with Crippen LogP contribution in [0.2, 0.25) is 0 Å². The number of nitrogens with zero attached hydrogens (tertiary/aromatic N) is 1. The number of rotatable bonds is 6. The molecular weight excluding hydrogens is 462 g/mol. The van der Waals surface area contributed by atoms with E-state index in [0.717, 1.165) is 28.1 Å². The van der Waals surface area contributed by atoms with Gasteiger partial charge in [-0.2, -0.15) is 0 Å². The van der Waals surface area contributed by atoms with E-state index in [9.17, 15) is 14.4 Å². The Hall–Kier alpha value is -4.30. The Kier molecular flexibility index (Phi) is 6.12. The van der Waals surface area contributed by atoms with E-state index in [0.29, 0.717) is 34.1 Å². The first-order valence-electron chi connectivity index (χ1n) is 11.0. The molecule has 0 saturated carbocycles. The van der Waals surface area contributed by atoms with Crippen molar-refractivity contribution >= 4 is 57.4 Å². The second-order valence-electron chi connectivity index (χ2n) is 8.08. The second kappa shape index (κ2) is 9.52. The quantitative estimate of drug-likeness (QED) is 0.387. The van der Waals surface area contributed by atoms with Crippen molar-refractivity contribution in [2.45, 2.75) is 12.8 Å². The average Bonchev–Trinajstić information content (AvgIpc) is 3.52. The van der Waals surface area contributed by atoms with Gasteiger partial charge in [0.2, 0.25) is 5.91 Å². The number of para-hydroxylation sites is 1. The molecule has 2 aromatic carbocycles. The molecule has 4 aromatic rings. The summed E-state index contributed by atoms with van der Waals surface area (Å²) in [7, 11) is 0. The number of hydrogen-bond donors (Lipinski definition) is 2. The molecule has 0 fully saturated rings. The molecular formula is C27H21N3O4S. The molecule has 0 radical (unpaired) electrons. The highest BCUT2D eigenvalue weighted by Crippen LogP contribution is 2.38. The molecule has 0 aliphatic heterocycles. The third kappa shape index (κ3) is 4.69. The van der Waals surface area contributed by atoms with E-state index >= 15 is 0 Å². The molecule has 174 valence electrons. The molecule has 2 aromatic heterocycles. The number of benzene rings is 2. The number of carbonyl (C=O) groups excluding carboxylic acids is 3. The summed E-state index contributed by atoms with van der Waals surface area (Å²) >= 11 is 1.65. The number of thiophene rings is 1.